The molecule has 0 spiro atoms. The first-order valence-corrected chi connectivity index (χ1v) is 3.86. The van der Waals surface area contributed by atoms with Gasteiger partial charge in [0.05, 0.1) is 25.9 Å². The maximum Gasteiger partial charge on any atom is 0.122 e. The molecule has 3 atom stereocenters. The van der Waals surface area contributed by atoms with E-state index in [1.54, 1.807) is 0 Å². The minimum absolute atomic E-state index is 0.251. The fourth-order valence-corrected chi connectivity index (χ4v) is 1.83. The molecule has 0 aromatic carbocycles. The molecule has 0 saturated carbocycles. The van der Waals surface area contributed by atoms with Crippen molar-refractivity contribution in [1.29, 1.82) is 0 Å². The highest BCUT2D eigenvalue weighted by atomic mass is 16.7. The molecule has 2 aliphatic heterocycles. The molecule has 4 nitrogen and oxygen atoms in total. The van der Waals surface area contributed by atoms with Crippen molar-refractivity contribution in [2.24, 2.45) is 11.8 Å². The van der Waals surface area contributed by atoms with Crippen molar-refractivity contribution in [2.75, 3.05) is 19.8 Å². The van der Waals surface area contributed by atoms with Crippen molar-refractivity contribution in [3.8, 4) is 0 Å². The van der Waals surface area contributed by atoms with Crippen molar-refractivity contribution in [3.05, 3.63) is 0 Å². The molecule has 64 valence electrons. The first kappa shape index (κ1) is 7.49. The molecular formula is C7H13NO3. The normalized spacial score (nSPS) is 48.5. The second-order valence-electron chi connectivity index (χ2n) is 3.32. The van der Waals surface area contributed by atoms with Crippen molar-refractivity contribution in [3.63, 3.8) is 0 Å². The van der Waals surface area contributed by atoms with Crippen LogP contribution in [0.25, 0.3) is 0 Å². The lowest BCUT2D eigenvalue weighted by Crippen LogP contribution is -2.41. The van der Waals surface area contributed by atoms with Crippen molar-refractivity contribution in [1.82, 2.24) is 0 Å². The van der Waals surface area contributed by atoms with E-state index in [0.29, 0.717) is 25.7 Å². The van der Waals surface area contributed by atoms with Crippen LogP contribution in [0.4, 0.5) is 0 Å². The predicted molar refractivity (Wildman–Crippen MR) is 37.7 cm³/mol. The van der Waals surface area contributed by atoms with Crippen molar-refractivity contribution in [2.45, 2.75) is 18.6 Å². The maximum absolute atomic E-state index is 5.56. The van der Waals surface area contributed by atoms with Gasteiger partial charge in [0.25, 0.3) is 0 Å². The average molecular weight is 159 g/mol. The Labute approximate surface area is 65.6 Å². The third-order valence-electron chi connectivity index (χ3n) is 2.79. The van der Waals surface area contributed by atoms with Gasteiger partial charge in [-0.2, -0.15) is 0 Å². The van der Waals surface area contributed by atoms with Gasteiger partial charge in [-0.25, -0.2) is 5.90 Å². The quantitative estimate of drug-likeness (QED) is 0.561. The lowest BCUT2D eigenvalue weighted by molar-refractivity contribution is -0.129. The summed E-state index contributed by atoms with van der Waals surface area (Å²) in [6.07, 6.45) is 0.255. The van der Waals surface area contributed by atoms with Gasteiger partial charge >= 0.3 is 0 Å². The van der Waals surface area contributed by atoms with Crippen LogP contribution < -0.4 is 5.90 Å². The Morgan fingerprint density at radius 1 is 1.73 bits per heavy atom. The molecule has 2 saturated heterocycles. The zero-order valence-corrected chi connectivity index (χ0v) is 6.58. The Hall–Kier alpha value is -0.160. The molecular weight excluding hydrogens is 146 g/mol. The second kappa shape index (κ2) is 2.42. The van der Waals surface area contributed by atoms with Crippen molar-refractivity contribution < 1.29 is 14.3 Å². The summed E-state index contributed by atoms with van der Waals surface area (Å²) >= 11 is 0. The molecule has 0 amide bonds. The highest BCUT2D eigenvalue weighted by Gasteiger charge is 2.54. The Bertz CT molecular complexity index is 154. The smallest absolute Gasteiger partial charge is 0.122 e. The van der Waals surface area contributed by atoms with Gasteiger partial charge in [0, 0.05) is 5.92 Å². The van der Waals surface area contributed by atoms with E-state index in [0.717, 1.165) is 0 Å². The Balaban J connectivity index is 2.11. The lowest BCUT2D eigenvalue weighted by atomic mass is 9.92. The van der Waals surface area contributed by atoms with Crippen LogP contribution in [0, 0.1) is 5.92 Å². The Morgan fingerprint density at radius 2 is 2.55 bits per heavy atom. The number of fused-ring (bicyclic) bond motifs is 2. The van der Waals surface area contributed by atoms with E-state index in [4.69, 9.17) is 15.4 Å². The van der Waals surface area contributed by atoms with Gasteiger partial charge in [-0.1, -0.05) is 6.92 Å². The van der Waals surface area contributed by atoms with E-state index >= 15 is 0 Å². The molecule has 2 rings (SSSR count). The Kier molecular flexibility index (Phi) is 1.64. The summed E-state index contributed by atoms with van der Waals surface area (Å²) in [6, 6.07) is 0. The van der Waals surface area contributed by atoms with Crippen LogP contribution in [0.2, 0.25) is 0 Å². The summed E-state index contributed by atoms with van der Waals surface area (Å²) in [5.74, 6) is 5.42. The van der Waals surface area contributed by atoms with Gasteiger partial charge in [0.1, 0.15) is 5.60 Å². The van der Waals surface area contributed by atoms with Crippen LogP contribution in [0.5, 0.6) is 0 Å². The SMILES string of the molecule is C[C@H]1[C@@H]2CO[C@@]1(CON)CO2. The van der Waals surface area contributed by atoms with E-state index in [-0.39, 0.29) is 11.7 Å². The zero-order valence-electron chi connectivity index (χ0n) is 6.58. The van der Waals surface area contributed by atoms with Crippen LogP contribution in [0.3, 0.4) is 0 Å². The summed E-state index contributed by atoms with van der Waals surface area (Å²) in [7, 11) is 0. The predicted octanol–water partition coefficient (Wildman–Crippen LogP) is -0.319. The third kappa shape index (κ3) is 0.906. The van der Waals surface area contributed by atoms with E-state index in [2.05, 4.69) is 11.8 Å². The highest BCUT2D eigenvalue weighted by Crippen LogP contribution is 2.40. The second-order valence-corrected chi connectivity index (χ2v) is 3.32. The topological polar surface area (TPSA) is 53.7 Å². The van der Waals surface area contributed by atoms with Gasteiger partial charge in [0.2, 0.25) is 0 Å². The van der Waals surface area contributed by atoms with Gasteiger partial charge < -0.3 is 14.3 Å². The van der Waals surface area contributed by atoms with E-state index < -0.39 is 0 Å². The number of hydrogen-bond donors (Lipinski definition) is 1. The molecule has 2 bridgehead atoms. The number of hydrogen-bond acceptors (Lipinski definition) is 4. The van der Waals surface area contributed by atoms with Gasteiger partial charge in [-0.05, 0) is 0 Å². The summed E-state index contributed by atoms with van der Waals surface area (Å²) < 4.78 is 11.0. The van der Waals surface area contributed by atoms with Gasteiger partial charge in [0.15, 0.2) is 0 Å². The molecule has 2 heterocycles. The molecule has 11 heavy (non-hydrogen) atoms. The average Bonchev–Trinajstić information content (AvgIpc) is 2.46. The first-order valence-electron chi connectivity index (χ1n) is 3.86. The minimum Gasteiger partial charge on any atom is -0.372 e. The van der Waals surface area contributed by atoms with Crippen LogP contribution in [-0.4, -0.2) is 31.5 Å². The monoisotopic (exact) mass is 159 g/mol. The minimum atomic E-state index is -0.251. The molecule has 0 aliphatic carbocycles. The summed E-state index contributed by atoms with van der Waals surface area (Å²) in [4.78, 5) is 4.61. The largest absolute Gasteiger partial charge is 0.372 e. The third-order valence-corrected chi connectivity index (χ3v) is 2.79. The molecule has 4 heteroatoms. The first-order chi connectivity index (χ1) is 5.28. The number of rotatable bonds is 2. The fraction of sp³-hybridized carbons (Fsp3) is 1.00. The van der Waals surface area contributed by atoms with Crippen LogP contribution in [0.15, 0.2) is 0 Å². The van der Waals surface area contributed by atoms with Gasteiger partial charge in [-0.15, -0.1) is 0 Å². The number of nitrogens with two attached hydrogens (primary N) is 1. The molecule has 2 fully saturated rings. The van der Waals surface area contributed by atoms with E-state index in [1.165, 1.54) is 0 Å². The van der Waals surface area contributed by atoms with Gasteiger partial charge in [-0.3, -0.25) is 0 Å². The standard InChI is InChI=1S/C7H13NO3/c1-5-6-2-10-7(5,3-9-6)4-11-8/h5-6H,2-4,8H2,1H3/t5-,6-,7+/m0/s1. The summed E-state index contributed by atoms with van der Waals surface area (Å²) in [5.41, 5.74) is -0.251. The molecule has 0 aromatic rings. The molecule has 0 aromatic heterocycles. The number of ether oxygens (including phenoxy) is 2. The maximum atomic E-state index is 5.56. The Morgan fingerprint density at radius 3 is 2.91 bits per heavy atom. The van der Waals surface area contributed by atoms with E-state index in [1.807, 2.05) is 0 Å². The van der Waals surface area contributed by atoms with E-state index in [9.17, 15) is 0 Å². The van der Waals surface area contributed by atoms with Crippen molar-refractivity contribution >= 4 is 0 Å². The molecule has 2 aliphatic rings. The molecule has 0 unspecified atom stereocenters. The highest BCUT2D eigenvalue weighted by molar-refractivity contribution is 5.00. The zero-order chi connectivity index (χ0) is 7.90. The molecule has 0 radical (unpaired) electrons. The fourth-order valence-electron chi connectivity index (χ4n) is 1.83. The van der Waals surface area contributed by atoms with Crippen LogP contribution in [-0.2, 0) is 14.3 Å². The summed E-state index contributed by atoms with van der Waals surface area (Å²) in [6.45, 7) is 3.86. The lowest BCUT2D eigenvalue weighted by Gasteiger charge is -2.26. The van der Waals surface area contributed by atoms with Crippen LogP contribution in [0.1, 0.15) is 6.92 Å². The molecule has 2 N–H and O–H groups in total. The van der Waals surface area contributed by atoms with Crippen LogP contribution >= 0.6 is 0 Å². The summed E-state index contributed by atoms with van der Waals surface area (Å²) in [5, 5.41) is 0.